The van der Waals surface area contributed by atoms with Crippen LogP contribution in [0.15, 0.2) is 18.3 Å². The molecule has 2 rings (SSSR count). The molecular weight excluding hydrogens is 316 g/mol. The van der Waals surface area contributed by atoms with Crippen LogP contribution in [0.25, 0.3) is 0 Å². The number of hydrogen-bond acceptors (Lipinski definition) is 5. The molecule has 1 aliphatic heterocycles. The summed E-state index contributed by atoms with van der Waals surface area (Å²) >= 11 is 0. The fraction of sp³-hybridized carbons (Fsp3) is 0.600. The van der Waals surface area contributed by atoms with Crippen LogP contribution in [0.1, 0.15) is 20.3 Å². The summed E-state index contributed by atoms with van der Waals surface area (Å²) in [6.45, 7) is 5.86. The number of urea groups is 1. The number of aromatic nitrogens is 1. The lowest BCUT2D eigenvalue weighted by Crippen LogP contribution is -2.40. The van der Waals surface area contributed by atoms with Crippen molar-refractivity contribution in [2.45, 2.75) is 26.3 Å². The number of amides is 2. The predicted molar refractivity (Wildman–Crippen MR) is 91.6 cm³/mol. The van der Waals surface area contributed by atoms with Crippen molar-refractivity contribution in [3.63, 3.8) is 0 Å². The normalized spacial score (nSPS) is 19.3. The van der Waals surface area contributed by atoms with Crippen molar-refractivity contribution in [3.8, 4) is 0 Å². The molecule has 1 N–H and O–H groups in total. The number of carbonyl (C=O) groups excluding carboxylic acids is 1. The van der Waals surface area contributed by atoms with E-state index in [2.05, 4.69) is 29.0 Å². The maximum absolute atomic E-state index is 12.2. The number of rotatable bonds is 5. The molecule has 0 bridgehead atoms. The summed E-state index contributed by atoms with van der Waals surface area (Å²) in [5.41, 5.74) is 0.596. The zero-order valence-electron chi connectivity index (χ0n) is 13.8. The summed E-state index contributed by atoms with van der Waals surface area (Å²) in [7, 11) is -1.38. The first-order valence-electron chi connectivity index (χ1n) is 7.81. The molecule has 1 aliphatic rings. The smallest absolute Gasteiger partial charge is 0.321 e. The molecule has 1 aromatic heterocycles. The molecule has 1 atom stereocenters. The van der Waals surface area contributed by atoms with E-state index in [0.717, 1.165) is 18.9 Å². The third-order valence-corrected chi connectivity index (χ3v) is 5.91. The topological polar surface area (TPSA) is 82.6 Å². The Morgan fingerprint density at radius 2 is 2.04 bits per heavy atom. The van der Waals surface area contributed by atoms with Crippen molar-refractivity contribution in [1.29, 1.82) is 0 Å². The van der Waals surface area contributed by atoms with Gasteiger partial charge in [-0.2, -0.15) is 0 Å². The Kier molecular flexibility index (Phi) is 5.46. The van der Waals surface area contributed by atoms with E-state index in [1.54, 1.807) is 19.3 Å². The molecule has 8 heteroatoms. The van der Waals surface area contributed by atoms with Crippen molar-refractivity contribution in [2.24, 2.45) is 0 Å². The summed E-state index contributed by atoms with van der Waals surface area (Å²) in [4.78, 5) is 20.1. The fourth-order valence-corrected chi connectivity index (χ4v) is 4.43. The third kappa shape index (κ3) is 4.34. The van der Waals surface area contributed by atoms with Gasteiger partial charge in [0, 0.05) is 26.2 Å². The Hall–Kier alpha value is -1.83. The van der Waals surface area contributed by atoms with Crippen LogP contribution in [0, 0.1) is 0 Å². The second-order valence-electron chi connectivity index (χ2n) is 5.68. The Balaban J connectivity index is 1.97. The van der Waals surface area contributed by atoms with Gasteiger partial charge >= 0.3 is 6.03 Å². The number of nitrogens with one attached hydrogen (secondary N) is 1. The van der Waals surface area contributed by atoms with Gasteiger partial charge in [-0.05, 0) is 32.4 Å². The Bertz CT molecular complexity index is 641. The van der Waals surface area contributed by atoms with Gasteiger partial charge in [-0.15, -0.1) is 0 Å². The van der Waals surface area contributed by atoms with Crippen LogP contribution >= 0.6 is 0 Å². The average Bonchev–Trinajstić information content (AvgIpc) is 2.89. The zero-order valence-corrected chi connectivity index (χ0v) is 14.6. The van der Waals surface area contributed by atoms with Gasteiger partial charge in [0.1, 0.15) is 5.82 Å². The molecule has 0 radical (unpaired) electrons. The molecule has 1 aromatic rings. The van der Waals surface area contributed by atoms with Gasteiger partial charge in [0.2, 0.25) is 0 Å². The highest BCUT2D eigenvalue weighted by atomic mass is 32.2. The van der Waals surface area contributed by atoms with Crippen LogP contribution in [0.5, 0.6) is 0 Å². The van der Waals surface area contributed by atoms with Crippen molar-refractivity contribution in [3.05, 3.63) is 18.3 Å². The highest BCUT2D eigenvalue weighted by Gasteiger charge is 2.32. The summed E-state index contributed by atoms with van der Waals surface area (Å²) < 4.78 is 23.0. The number of hydrogen-bond donors (Lipinski definition) is 1. The van der Waals surface area contributed by atoms with Gasteiger partial charge in [0.05, 0.1) is 23.4 Å². The molecule has 1 unspecified atom stereocenters. The quantitative estimate of drug-likeness (QED) is 0.880. The molecule has 1 saturated heterocycles. The molecule has 23 heavy (non-hydrogen) atoms. The Labute approximate surface area is 137 Å². The number of anilines is 2. The molecule has 0 aliphatic carbocycles. The van der Waals surface area contributed by atoms with E-state index in [9.17, 15) is 13.2 Å². The number of carbonyl (C=O) groups is 1. The highest BCUT2D eigenvalue weighted by molar-refractivity contribution is 7.91. The van der Waals surface area contributed by atoms with Crippen LogP contribution in [0.3, 0.4) is 0 Å². The largest absolute Gasteiger partial charge is 0.357 e. The lowest BCUT2D eigenvalue weighted by atomic mass is 10.2. The zero-order chi connectivity index (χ0) is 17.0. The van der Waals surface area contributed by atoms with E-state index >= 15 is 0 Å². The summed E-state index contributed by atoms with van der Waals surface area (Å²) in [6.07, 6.45) is 2.11. The molecule has 0 aromatic carbocycles. The molecule has 1 fully saturated rings. The first-order valence-corrected chi connectivity index (χ1v) is 9.63. The average molecular weight is 340 g/mol. The maximum atomic E-state index is 12.2. The maximum Gasteiger partial charge on any atom is 0.321 e. The van der Waals surface area contributed by atoms with E-state index in [1.165, 1.54) is 4.90 Å². The first-order chi connectivity index (χ1) is 10.9. The second kappa shape index (κ2) is 7.16. The highest BCUT2D eigenvalue weighted by Crippen LogP contribution is 2.18. The fourth-order valence-electron chi connectivity index (χ4n) is 2.65. The Morgan fingerprint density at radius 3 is 2.52 bits per heavy atom. The number of sulfone groups is 1. The van der Waals surface area contributed by atoms with E-state index in [0.29, 0.717) is 12.1 Å². The molecule has 7 nitrogen and oxygen atoms in total. The van der Waals surface area contributed by atoms with Gasteiger partial charge in [0.25, 0.3) is 0 Å². The van der Waals surface area contributed by atoms with Crippen LogP contribution in [-0.2, 0) is 9.84 Å². The standard InChI is InChI=1S/C15H24N4O3S/c1-4-19(5-2)14-7-6-12(10-16-14)17-15(20)18(3)13-8-9-23(21,22)11-13/h6-7,10,13H,4-5,8-9,11H2,1-3H3,(H,17,20). The monoisotopic (exact) mass is 340 g/mol. The van der Waals surface area contributed by atoms with Crippen LogP contribution in [0.2, 0.25) is 0 Å². The molecule has 128 valence electrons. The predicted octanol–water partition coefficient (Wildman–Crippen LogP) is 1.58. The summed E-state index contributed by atoms with van der Waals surface area (Å²) in [5.74, 6) is 1.05. The van der Waals surface area contributed by atoms with E-state index in [-0.39, 0.29) is 23.6 Å². The molecule has 2 amide bonds. The van der Waals surface area contributed by atoms with Crippen LogP contribution in [-0.4, -0.2) is 62.0 Å². The molecule has 0 saturated carbocycles. The van der Waals surface area contributed by atoms with E-state index in [4.69, 9.17) is 0 Å². The minimum Gasteiger partial charge on any atom is -0.357 e. The summed E-state index contributed by atoms with van der Waals surface area (Å²) in [6, 6.07) is 3.09. The van der Waals surface area contributed by atoms with Crippen molar-refractivity contribution in [2.75, 3.05) is 41.9 Å². The lowest BCUT2D eigenvalue weighted by Gasteiger charge is -2.24. The minimum absolute atomic E-state index is 0.0378. The molecular formula is C15H24N4O3S. The number of nitrogens with zero attached hydrogens (tertiary/aromatic N) is 3. The van der Waals surface area contributed by atoms with Crippen LogP contribution in [0.4, 0.5) is 16.3 Å². The van der Waals surface area contributed by atoms with Gasteiger partial charge < -0.3 is 15.1 Å². The van der Waals surface area contributed by atoms with E-state index in [1.807, 2.05) is 6.07 Å². The van der Waals surface area contributed by atoms with Gasteiger partial charge in [-0.1, -0.05) is 0 Å². The van der Waals surface area contributed by atoms with Gasteiger partial charge in [0.15, 0.2) is 9.84 Å². The van der Waals surface area contributed by atoms with E-state index < -0.39 is 9.84 Å². The third-order valence-electron chi connectivity index (χ3n) is 4.16. The second-order valence-corrected chi connectivity index (χ2v) is 7.90. The van der Waals surface area contributed by atoms with Crippen molar-refractivity contribution >= 4 is 27.4 Å². The van der Waals surface area contributed by atoms with Gasteiger partial charge in [-0.25, -0.2) is 18.2 Å². The SMILES string of the molecule is CCN(CC)c1ccc(NC(=O)N(C)C2CCS(=O)(=O)C2)cn1. The Morgan fingerprint density at radius 1 is 1.35 bits per heavy atom. The number of pyridine rings is 1. The van der Waals surface area contributed by atoms with Gasteiger partial charge in [-0.3, -0.25) is 0 Å². The minimum atomic E-state index is -3.01. The molecule has 2 heterocycles. The molecule has 0 spiro atoms. The van der Waals surface area contributed by atoms with Crippen molar-refractivity contribution in [1.82, 2.24) is 9.88 Å². The first kappa shape index (κ1) is 17.5. The van der Waals surface area contributed by atoms with Crippen LogP contribution < -0.4 is 10.2 Å². The summed E-state index contributed by atoms with van der Waals surface area (Å²) in [5, 5.41) is 2.76. The van der Waals surface area contributed by atoms with Crippen molar-refractivity contribution < 1.29 is 13.2 Å². The lowest BCUT2D eigenvalue weighted by molar-refractivity contribution is 0.209.